The number of fused-ring (bicyclic) bond motifs is 3. The zero-order chi connectivity index (χ0) is 23.3. The Morgan fingerprint density at radius 1 is 0.719 bits per heavy atom. The SMILES string of the molecule is C=C(C)C(=O)OCCCc1ccc2c(c1)C(=C)c1cc(CCCOC(=O)C(=C)C)ccc1-2. The maximum atomic E-state index is 11.5. The third-order valence-corrected chi connectivity index (χ3v) is 5.49. The molecule has 1 aliphatic carbocycles. The number of ether oxygens (including phenoxy) is 2. The number of rotatable bonds is 10. The van der Waals surface area contributed by atoms with Gasteiger partial charge in [-0.15, -0.1) is 0 Å². The predicted molar refractivity (Wildman–Crippen MR) is 128 cm³/mol. The third-order valence-electron chi connectivity index (χ3n) is 5.49. The van der Waals surface area contributed by atoms with Crippen LogP contribution in [0, 0.1) is 0 Å². The number of aryl methyl sites for hydroxylation is 2. The lowest BCUT2D eigenvalue weighted by atomic mass is 10.00. The Labute approximate surface area is 190 Å². The van der Waals surface area contributed by atoms with Crippen LogP contribution in [0.4, 0.5) is 0 Å². The quantitative estimate of drug-likeness (QED) is 0.231. The lowest BCUT2D eigenvalue weighted by molar-refractivity contribution is -0.139. The molecule has 0 spiro atoms. The first-order valence-electron chi connectivity index (χ1n) is 10.9. The lowest BCUT2D eigenvalue weighted by Crippen LogP contribution is -2.06. The second-order valence-electron chi connectivity index (χ2n) is 8.28. The van der Waals surface area contributed by atoms with E-state index in [2.05, 4.69) is 56.1 Å². The minimum Gasteiger partial charge on any atom is -0.462 e. The molecule has 0 bridgehead atoms. The molecular formula is C28H30O4. The van der Waals surface area contributed by atoms with Crippen molar-refractivity contribution in [2.75, 3.05) is 13.2 Å². The molecule has 2 aromatic rings. The Balaban J connectivity index is 1.59. The van der Waals surface area contributed by atoms with Crippen molar-refractivity contribution in [2.45, 2.75) is 39.5 Å². The van der Waals surface area contributed by atoms with E-state index in [9.17, 15) is 9.59 Å². The van der Waals surface area contributed by atoms with E-state index < -0.39 is 0 Å². The fourth-order valence-corrected chi connectivity index (χ4v) is 3.74. The van der Waals surface area contributed by atoms with Crippen LogP contribution in [0.5, 0.6) is 0 Å². The molecule has 0 saturated heterocycles. The van der Waals surface area contributed by atoms with Gasteiger partial charge >= 0.3 is 11.9 Å². The maximum Gasteiger partial charge on any atom is 0.333 e. The van der Waals surface area contributed by atoms with Crippen LogP contribution in [0.25, 0.3) is 16.7 Å². The van der Waals surface area contributed by atoms with Crippen molar-refractivity contribution in [3.8, 4) is 11.1 Å². The number of esters is 2. The molecule has 0 atom stereocenters. The summed E-state index contributed by atoms with van der Waals surface area (Å²) in [5.74, 6) is -0.680. The van der Waals surface area contributed by atoms with E-state index in [1.54, 1.807) is 13.8 Å². The van der Waals surface area contributed by atoms with Gasteiger partial charge in [-0.05, 0) is 78.5 Å². The molecule has 0 saturated carbocycles. The van der Waals surface area contributed by atoms with Crippen molar-refractivity contribution in [1.82, 2.24) is 0 Å². The summed E-state index contributed by atoms with van der Waals surface area (Å²) in [5.41, 5.74) is 8.97. The third kappa shape index (κ3) is 5.44. The maximum absolute atomic E-state index is 11.5. The molecule has 0 fully saturated rings. The number of benzene rings is 2. The van der Waals surface area contributed by atoms with E-state index in [4.69, 9.17) is 9.47 Å². The van der Waals surface area contributed by atoms with E-state index in [0.717, 1.165) is 42.4 Å². The smallest absolute Gasteiger partial charge is 0.333 e. The molecule has 0 aromatic heterocycles. The van der Waals surface area contributed by atoms with E-state index in [-0.39, 0.29) is 11.9 Å². The molecule has 0 heterocycles. The van der Waals surface area contributed by atoms with Crippen molar-refractivity contribution < 1.29 is 19.1 Å². The molecule has 2 aromatic carbocycles. The summed E-state index contributed by atoms with van der Waals surface area (Å²) >= 11 is 0. The predicted octanol–water partition coefficient (Wildman–Crippen LogP) is 5.83. The Bertz CT molecular complexity index is 1010. The minimum atomic E-state index is -0.340. The van der Waals surface area contributed by atoms with Gasteiger partial charge in [0.1, 0.15) is 0 Å². The highest BCUT2D eigenvalue weighted by Gasteiger charge is 2.22. The van der Waals surface area contributed by atoms with E-state index in [0.29, 0.717) is 24.4 Å². The Hall–Kier alpha value is -3.40. The first kappa shape index (κ1) is 23.3. The summed E-state index contributed by atoms with van der Waals surface area (Å²) in [6.45, 7) is 15.6. The number of hydrogen-bond acceptors (Lipinski definition) is 4. The zero-order valence-corrected chi connectivity index (χ0v) is 19.0. The van der Waals surface area contributed by atoms with Gasteiger partial charge in [0.05, 0.1) is 13.2 Å². The van der Waals surface area contributed by atoms with Gasteiger partial charge in [-0.2, -0.15) is 0 Å². The fraction of sp³-hybridized carbons (Fsp3) is 0.286. The van der Waals surface area contributed by atoms with E-state index >= 15 is 0 Å². The molecule has 0 radical (unpaired) electrons. The largest absolute Gasteiger partial charge is 0.462 e. The molecule has 0 N–H and O–H groups in total. The normalized spacial score (nSPS) is 11.5. The molecule has 0 aliphatic heterocycles. The van der Waals surface area contributed by atoms with Crippen LogP contribution in [0.3, 0.4) is 0 Å². The van der Waals surface area contributed by atoms with Crippen LogP contribution in [-0.2, 0) is 31.9 Å². The van der Waals surface area contributed by atoms with E-state index in [1.807, 2.05) is 0 Å². The molecule has 0 unspecified atom stereocenters. The van der Waals surface area contributed by atoms with Gasteiger partial charge in [0.15, 0.2) is 0 Å². The summed E-state index contributed by atoms with van der Waals surface area (Å²) in [6, 6.07) is 12.9. The molecule has 0 amide bonds. The Kier molecular flexibility index (Phi) is 7.47. The number of carbonyl (C=O) groups is 2. The van der Waals surface area contributed by atoms with Crippen LogP contribution in [0.2, 0.25) is 0 Å². The highest BCUT2D eigenvalue weighted by Crippen LogP contribution is 2.44. The van der Waals surface area contributed by atoms with Crippen molar-refractivity contribution in [3.05, 3.63) is 89.5 Å². The van der Waals surface area contributed by atoms with Crippen molar-refractivity contribution in [1.29, 1.82) is 0 Å². The van der Waals surface area contributed by atoms with Gasteiger partial charge in [0, 0.05) is 11.1 Å². The minimum absolute atomic E-state index is 0.340. The van der Waals surface area contributed by atoms with Crippen molar-refractivity contribution in [2.24, 2.45) is 0 Å². The first-order chi connectivity index (χ1) is 15.3. The van der Waals surface area contributed by atoms with Gasteiger partial charge < -0.3 is 9.47 Å². The molecule has 3 rings (SSSR count). The fourth-order valence-electron chi connectivity index (χ4n) is 3.74. The molecular weight excluding hydrogens is 400 g/mol. The van der Waals surface area contributed by atoms with Crippen molar-refractivity contribution >= 4 is 17.5 Å². The average Bonchev–Trinajstić information content (AvgIpc) is 3.05. The molecule has 32 heavy (non-hydrogen) atoms. The summed E-state index contributed by atoms with van der Waals surface area (Å²) in [7, 11) is 0. The van der Waals surface area contributed by atoms with Gasteiger partial charge in [0.2, 0.25) is 0 Å². The van der Waals surface area contributed by atoms with Gasteiger partial charge in [0.25, 0.3) is 0 Å². The van der Waals surface area contributed by atoms with Crippen LogP contribution >= 0.6 is 0 Å². The topological polar surface area (TPSA) is 52.6 Å². The lowest BCUT2D eigenvalue weighted by Gasteiger charge is -2.07. The molecule has 4 heteroatoms. The van der Waals surface area contributed by atoms with Gasteiger partial charge in [-0.25, -0.2) is 9.59 Å². The molecule has 166 valence electrons. The van der Waals surface area contributed by atoms with Gasteiger partial charge in [-0.3, -0.25) is 0 Å². The van der Waals surface area contributed by atoms with Crippen molar-refractivity contribution in [3.63, 3.8) is 0 Å². The zero-order valence-electron chi connectivity index (χ0n) is 19.0. The molecule has 1 aliphatic rings. The van der Waals surface area contributed by atoms with Crippen LogP contribution in [0.1, 0.15) is 48.9 Å². The highest BCUT2D eigenvalue weighted by molar-refractivity contribution is 6.00. The van der Waals surface area contributed by atoms with Crippen LogP contribution in [-0.4, -0.2) is 25.2 Å². The van der Waals surface area contributed by atoms with Gasteiger partial charge in [-0.1, -0.05) is 56.1 Å². The second-order valence-corrected chi connectivity index (χ2v) is 8.28. The monoisotopic (exact) mass is 430 g/mol. The first-order valence-corrected chi connectivity index (χ1v) is 10.9. The number of carbonyl (C=O) groups excluding carboxylic acids is 2. The average molecular weight is 431 g/mol. The molecule has 4 nitrogen and oxygen atoms in total. The second kappa shape index (κ2) is 10.3. The van der Waals surface area contributed by atoms with Crippen LogP contribution < -0.4 is 0 Å². The number of hydrogen-bond donors (Lipinski definition) is 0. The summed E-state index contributed by atoms with van der Waals surface area (Å²) in [6.07, 6.45) is 3.18. The van der Waals surface area contributed by atoms with Crippen LogP contribution in [0.15, 0.2) is 67.3 Å². The highest BCUT2D eigenvalue weighted by atomic mass is 16.5. The Morgan fingerprint density at radius 3 is 1.50 bits per heavy atom. The summed E-state index contributed by atoms with van der Waals surface area (Å²) in [5, 5.41) is 0. The van der Waals surface area contributed by atoms with E-state index in [1.165, 1.54) is 22.3 Å². The Morgan fingerprint density at radius 2 is 1.12 bits per heavy atom. The standard InChI is InChI=1S/C28H30O4/c1-18(2)27(29)31-14-6-8-21-10-12-23-24-13-11-22(9-7-15-32-28(30)19(3)4)17-26(24)20(5)25(23)16-21/h10-13,16-17H,1,3,5-9,14-15H2,2,4H3. The summed E-state index contributed by atoms with van der Waals surface area (Å²) in [4.78, 5) is 23.0. The summed E-state index contributed by atoms with van der Waals surface area (Å²) < 4.78 is 10.4.